The van der Waals surface area contributed by atoms with Gasteiger partial charge in [-0.05, 0) is 43.6 Å². The van der Waals surface area contributed by atoms with Crippen LogP contribution in [0, 0.1) is 11.8 Å². The summed E-state index contributed by atoms with van der Waals surface area (Å²) >= 11 is 0. The summed E-state index contributed by atoms with van der Waals surface area (Å²) in [6.45, 7) is -0.122. The molecular weight excluding hydrogens is 422 g/mol. The Bertz CT molecular complexity index is 778. The average molecular weight is 460 g/mol. The first-order valence-corrected chi connectivity index (χ1v) is 11.7. The molecule has 1 aliphatic carbocycles. The van der Waals surface area contributed by atoms with E-state index in [0.29, 0.717) is 38.5 Å². The third kappa shape index (κ3) is 9.90. The molecule has 0 saturated heterocycles. The van der Waals surface area contributed by atoms with Crippen molar-refractivity contribution in [2.45, 2.75) is 63.3 Å². The standard InChI is InChI=1S/C26H37NO6/c1-33-26(32)18-27-25(31)12-8-3-2-7-11-21-22(24(30)17-23(21)29)16-15-20(28)14-13-19-9-5-4-6-10-19/h2,4-7,9-10,15-16,20-24,28-30H,3,8,11-14,17-18H2,1H3,(H,27,31)/b7-2-,16-15+/t20-,21+,22+,23-,24+/m0/s1. The molecule has 0 spiro atoms. The number of rotatable bonds is 13. The van der Waals surface area contributed by atoms with Gasteiger partial charge in [-0.15, -0.1) is 0 Å². The van der Waals surface area contributed by atoms with Gasteiger partial charge in [0.25, 0.3) is 0 Å². The quantitative estimate of drug-likeness (QED) is 0.204. The summed E-state index contributed by atoms with van der Waals surface area (Å²) in [5, 5.41) is 33.5. The Morgan fingerprint density at radius 2 is 1.94 bits per heavy atom. The van der Waals surface area contributed by atoms with Crippen LogP contribution in [0.25, 0.3) is 0 Å². The number of carbonyl (C=O) groups excluding carboxylic acids is 2. The van der Waals surface area contributed by atoms with Gasteiger partial charge in [0.2, 0.25) is 5.91 Å². The molecule has 5 atom stereocenters. The van der Waals surface area contributed by atoms with E-state index in [1.807, 2.05) is 48.6 Å². The van der Waals surface area contributed by atoms with Crippen molar-refractivity contribution in [3.63, 3.8) is 0 Å². The second-order valence-electron chi connectivity index (χ2n) is 8.54. The van der Waals surface area contributed by atoms with Crippen molar-refractivity contribution >= 4 is 11.9 Å². The highest BCUT2D eigenvalue weighted by Gasteiger charge is 2.39. The van der Waals surface area contributed by atoms with Crippen LogP contribution in [-0.2, 0) is 20.7 Å². The van der Waals surface area contributed by atoms with Crippen molar-refractivity contribution in [1.82, 2.24) is 5.32 Å². The van der Waals surface area contributed by atoms with Crippen molar-refractivity contribution in [3.05, 3.63) is 60.2 Å². The zero-order chi connectivity index (χ0) is 24.1. The molecule has 7 heteroatoms. The maximum atomic E-state index is 11.6. The monoisotopic (exact) mass is 459 g/mol. The van der Waals surface area contributed by atoms with Crippen LogP contribution in [0.3, 0.4) is 0 Å². The Morgan fingerprint density at radius 1 is 1.18 bits per heavy atom. The lowest BCUT2D eigenvalue weighted by Gasteiger charge is -2.19. The molecule has 1 aromatic rings. The van der Waals surface area contributed by atoms with E-state index in [0.717, 1.165) is 6.42 Å². The number of amides is 1. The molecule has 182 valence electrons. The Hall–Kier alpha value is -2.48. The zero-order valence-corrected chi connectivity index (χ0v) is 19.3. The Labute approximate surface area is 196 Å². The van der Waals surface area contributed by atoms with Gasteiger partial charge < -0.3 is 25.4 Å². The number of hydrogen-bond donors (Lipinski definition) is 4. The number of hydrogen-bond acceptors (Lipinski definition) is 6. The fourth-order valence-electron chi connectivity index (χ4n) is 4.10. The molecule has 1 fully saturated rings. The fraction of sp³-hybridized carbons (Fsp3) is 0.538. The fourth-order valence-corrected chi connectivity index (χ4v) is 4.10. The summed E-state index contributed by atoms with van der Waals surface area (Å²) in [7, 11) is 1.27. The van der Waals surface area contributed by atoms with E-state index < -0.39 is 24.3 Å². The predicted molar refractivity (Wildman–Crippen MR) is 126 cm³/mol. The second kappa shape index (κ2) is 14.6. The van der Waals surface area contributed by atoms with Gasteiger partial charge in [-0.25, -0.2) is 0 Å². The van der Waals surface area contributed by atoms with Crippen LogP contribution >= 0.6 is 0 Å². The average Bonchev–Trinajstić information content (AvgIpc) is 3.09. The van der Waals surface area contributed by atoms with Crippen molar-refractivity contribution in [2.75, 3.05) is 13.7 Å². The number of carbonyl (C=O) groups is 2. The number of aliphatic hydroxyl groups excluding tert-OH is 3. The van der Waals surface area contributed by atoms with Gasteiger partial charge in [0.1, 0.15) is 6.54 Å². The maximum Gasteiger partial charge on any atom is 0.325 e. The van der Waals surface area contributed by atoms with Crippen molar-refractivity contribution in [2.24, 2.45) is 11.8 Å². The number of esters is 1. The minimum Gasteiger partial charge on any atom is -0.468 e. The Morgan fingerprint density at radius 3 is 2.67 bits per heavy atom. The molecule has 0 bridgehead atoms. The topological polar surface area (TPSA) is 116 Å². The van der Waals surface area contributed by atoms with E-state index >= 15 is 0 Å². The summed E-state index contributed by atoms with van der Waals surface area (Å²) in [4.78, 5) is 22.7. The van der Waals surface area contributed by atoms with Crippen molar-refractivity contribution in [1.29, 1.82) is 0 Å². The summed E-state index contributed by atoms with van der Waals surface area (Å²) in [5.74, 6) is -0.996. The Balaban J connectivity index is 1.73. The van der Waals surface area contributed by atoms with E-state index in [9.17, 15) is 24.9 Å². The molecule has 1 aromatic carbocycles. The minimum atomic E-state index is -0.630. The molecule has 1 saturated carbocycles. The van der Waals surface area contributed by atoms with Crippen LogP contribution in [0.15, 0.2) is 54.6 Å². The number of methoxy groups -OCH3 is 1. The van der Waals surface area contributed by atoms with Crippen LogP contribution < -0.4 is 5.32 Å². The molecule has 2 rings (SSSR count). The molecule has 0 unspecified atom stereocenters. The lowest BCUT2D eigenvalue weighted by Crippen LogP contribution is -2.29. The Kier molecular flexibility index (Phi) is 11.9. The second-order valence-corrected chi connectivity index (χ2v) is 8.54. The van der Waals surface area contributed by atoms with Crippen molar-refractivity contribution < 1.29 is 29.6 Å². The van der Waals surface area contributed by atoms with E-state index in [-0.39, 0.29) is 24.3 Å². The van der Waals surface area contributed by atoms with E-state index in [1.54, 1.807) is 6.08 Å². The largest absolute Gasteiger partial charge is 0.468 e. The highest BCUT2D eigenvalue weighted by Crippen LogP contribution is 2.36. The predicted octanol–water partition coefficient (Wildman–Crippen LogP) is 2.30. The first kappa shape index (κ1) is 26.8. The number of ether oxygens (including phenoxy) is 1. The van der Waals surface area contributed by atoms with Gasteiger partial charge in [-0.1, -0.05) is 54.6 Å². The van der Waals surface area contributed by atoms with Crippen LogP contribution in [0.5, 0.6) is 0 Å². The number of aryl methyl sites for hydroxylation is 1. The van der Waals surface area contributed by atoms with E-state index in [4.69, 9.17) is 0 Å². The first-order chi connectivity index (χ1) is 15.9. The van der Waals surface area contributed by atoms with Gasteiger partial charge >= 0.3 is 5.97 Å². The molecule has 7 nitrogen and oxygen atoms in total. The molecule has 1 aliphatic rings. The van der Waals surface area contributed by atoms with Crippen LogP contribution in [0.1, 0.15) is 44.1 Å². The summed E-state index contributed by atoms with van der Waals surface area (Å²) in [6, 6.07) is 9.98. The maximum absolute atomic E-state index is 11.6. The molecule has 0 aromatic heterocycles. The number of nitrogens with one attached hydrogen (secondary N) is 1. The summed E-state index contributed by atoms with van der Waals surface area (Å²) in [5.41, 5.74) is 1.17. The van der Waals surface area contributed by atoms with Crippen LogP contribution in [0.4, 0.5) is 0 Å². The minimum absolute atomic E-state index is 0.114. The number of allylic oxidation sites excluding steroid dienone is 2. The highest BCUT2D eigenvalue weighted by molar-refractivity contribution is 5.81. The lowest BCUT2D eigenvalue weighted by atomic mass is 9.89. The molecule has 33 heavy (non-hydrogen) atoms. The van der Waals surface area contributed by atoms with Gasteiger partial charge in [0.05, 0.1) is 25.4 Å². The first-order valence-electron chi connectivity index (χ1n) is 11.7. The molecule has 0 aliphatic heterocycles. The van der Waals surface area contributed by atoms with Gasteiger partial charge in [-0.2, -0.15) is 0 Å². The SMILES string of the molecule is COC(=O)CNC(=O)CCC/C=C\C[C@@H]1[C@@H](/C=C/[C@@H](O)CCc2ccccc2)[C@H](O)C[C@@H]1O. The lowest BCUT2D eigenvalue weighted by molar-refractivity contribution is -0.141. The van der Waals surface area contributed by atoms with Crippen LogP contribution in [0.2, 0.25) is 0 Å². The van der Waals surface area contributed by atoms with Gasteiger partial charge in [0, 0.05) is 18.8 Å². The molecule has 0 radical (unpaired) electrons. The molecule has 0 heterocycles. The number of benzene rings is 1. The number of aliphatic hydroxyl groups is 3. The summed E-state index contributed by atoms with van der Waals surface area (Å²) in [6.07, 6.45) is 9.69. The van der Waals surface area contributed by atoms with Crippen LogP contribution in [-0.4, -0.2) is 59.2 Å². The normalized spacial score (nSPS) is 23.8. The molecular formula is C26H37NO6. The van der Waals surface area contributed by atoms with Gasteiger partial charge in [-0.3, -0.25) is 9.59 Å². The summed E-state index contributed by atoms with van der Waals surface area (Å²) < 4.78 is 4.47. The van der Waals surface area contributed by atoms with Crippen molar-refractivity contribution in [3.8, 4) is 0 Å². The number of unbranched alkanes of at least 4 members (excludes halogenated alkanes) is 1. The third-order valence-corrected chi connectivity index (χ3v) is 6.05. The molecule has 4 N–H and O–H groups in total. The smallest absolute Gasteiger partial charge is 0.325 e. The zero-order valence-electron chi connectivity index (χ0n) is 19.3. The molecule has 1 amide bonds. The third-order valence-electron chi connectivity index (χ3n) is 6.05. The van der Waals surface area contributed by atoms with E-state index in [2.05, 4.69) is 10.1 Å². The van der Waals surface area contributed by atoms with Gasteiger partial charge in [0.15, 0.2) is 0 Å². The van der Waals surface area contributed by atoms with E-state index in [1.165, 1.54) is 12.7 Å². The highest BCUT2D eigenvalue weighted by atomic mass is 16.5.